The zero-order valence-electron chi connectivity index (χ0n) is 13.0. The smallest absolute Gasteiger partial charge is 0.421 e. The summed E-state index contributed by atoms with van der Waals surface area (Å²) in [5.41, 5.74) is 3.81. The first-order chi connectivity index (χ1) is 11.3. The van der Waals surface area contributed by atoms with E-state index < -0.39 is 0 Å². The molecule has 0 aromatic heterocycles. The number of methoxy groups -OCH3 is 1. The van der Waals surface area contributed by atoms with Crippen LogP contribution in [0, 0.1) is 0 Å². The Hall–Kier alpha value is -2.56. The Morgan fingerprint density at radius 2 is 2.30 bits per heavy atom. The van der Waals surface area contributed by atoms with Crippen LogP contribution in [0.25, 0.3) is 0 Å². The zero-order valence-corrected chi connectivity index (χ0v) is 13.0. The van der Waals surface area contributed by atoms with Crippen LogP contribution in [-0.4, -0.2) is 41.6 Å². The molecule has 1 unspecified atom stereocenters. The van der Waals surface area contributed by atoms with Crippen LogP contribution in [-0.2, 0) is 4.74 Å². The van der Waals surface area contributed by atoms with Gasteiger partial charge in [-0.05, 0) is 36.3 Å². The highest BCUT2D eigenvalue weighted by molar-refractivity contribution is 6.43. The first kappa shape index (κ1) is 14.1. The molecule has 0 bridgehead atoms. The van der Waals surface area contributed by atoms with Crippen molar-refractivity contribution >= 4 is 11.4 Å². The largest absolute Gasteiger partial charge is 0.497 e. The molecule has 0 amide bonds. The number of hydrogen-bond donors (Lipinski definition) is 1. The first-order valence-electron chi connectivity index (χ1n) is 7.86. The minimum absolute atomic E-state index is 0.0321. The van der Waals surface area contributed by atoms with Gasteiger partial charge in [-0.15, -0.1) is 0 Å². The molecule has 0 saturated heterocycles. The van der Waals surface area contributed by atoms with Gasteiger partial charge in [0.25, 0.3) is 5.71 Å². The van der Waals surface area contributed by atoms with Gasteiger partial charge in [0, 0.05) is 13.0 Å². The highest BCUT2D eigenvalue weighted by Gasteiger charge is 2.44. The van der Waals surface area contributed by atoms with Gasteiger partial charge in [0.05, 0.1) is 23.3 Å². The quantitative estimate of drug-likeness (QED) is 0.675. The van der Waals surface area contributed by atoms with Crippen LogP contribution in [0.4, 0.5) is 0 Å². The fourth-order valence-electron chi connectivity index (χ4n) is 3.43. The van der Waals surface area contributed by atoms with Gasteiger partial charge in [-0.1, -0.05) is 12.1 Å². The summed E-state index contributed by atoms with van der Waals surface area (Å²) in [6.07, 6.45) is 5.74. The molecule has 3 aliphatic heterocycles. The average Bonchev–Trinajstić information content (AvgIpc) is 2.62. The number of allylic oxidation sites excluding steroid dienone is 2. The van der Waals surface area contributed by atoms with Gasteiger partial charge in [0.1, 0.15) is 18.1 Å². The maximum absolute atomic E-state index is 10.5. The lowest BCUT2D eigenvalue weighted by Crippen LogP contribution is -2.40. The lowest BCUT2D eigenvalue weighted by Gasteiger charge is -2.27. The molecule has 1 N–H and O–H groups in total. The molecule has 0 radical (unpaired) electrons. The van der Waals surface area contributed by atoms with Crippen LogP contribution in [0.3, 0.4) is 0 Å². The van der Waals surface area contributed by atoms with Crippen LogP contribution >= 0.6 is 0 Å². The second-order valence-electron chi connectivity index (χ2n) is 5.81. The second kappa shape index (κ2) is 5.57. The summed E-state index contributed by atoms with van der Waals surface area (Å²) >= 11 is 0. The van der Waals surface area contributed by atoms with Crippen molar-refractivity contribution < 1.29 is 19.4 Å². The van der Waals surface area contributed by atoms with E-state index >= 15 is 0 Å². The summed E-state index contributed by atoms with van der Waals surface area (Å²) in [7, 11) is 1.67. The van der Waals surface area contributed by atoms with Gasteiger partial charge < -0.3 is 9.47 Å². The van der Waals surface area contributed by atoms with E-state index in [0.717, 1.165) is 47.7 Å². The molecule has 0 aliphatic carbocycles. The van der Waals surface area contributed by atoms with Crippen molar-refractivity contribution in [3.63, 3.8) is 0 Å². The van der Waals surface area contributed by atoms with E-state index in [1.54, 1.807) is 7.11 Å². The maximum atomic E-state index is 10.5. The summed E-state index contributed by atoms with van der Waals surface area (Å²) in [6.45, 7) is 1.26. The number of ether oxygens (including phenoxy) is 2. The lowest BCUT2D eigenvalue weighted by atomic mass is 9.80. The minimum atomic E-state index is -0.0321. The van der Waals surface area contributed by atoms with E-state index in [4.69, 9.17) is 14.5 Å². The third-order valence-corrected chi connectivity index (χ3v) is 4.47. The number of hydrogen-bond acceptors (Lipinski definition) is 4. The molecule has 0 fully saturated rings. The van der Waals surface area contributed by atoms with Gasteiger partial charge in [-0.2, -0.15) is 0 Å². The summed E-state index contributed by atoms with van der Waals surface area (Å²) in [5.74, 6) is 1.31. The highest BCUT2D eigenvalue weighted by Crippen LogP contribution is 2.37. The summed E-state index contributed by atoms with van der Waals surface area (Å²) in [5, 5.41) is 10.5. The van der Waals surface area contributed by atoms with Gasteiger partial charge in [-0.25, -0.2) is 0 Å². The van der Waals surface area contributed by atoms with E-state index in [0.29, 0.717) is 12.5 Å². The molecule has 118 valence electrons. The van der Waals surface area contributed by atoms with Crippen LogP contribution in [0.2, 0.25) is 0 Å². The molecule has 1 aromatic rings. The molecule has 4 rings (SSSR count). The maximum Gasteiger partial charge on any atom is 0.421 e. The molecular weight excluding hydrogens is 292 g/mol. The third-order valence-electron chi connectivity index (χ3n) is 4.47. The topological polar surface area (TPSA) is 54.1 Å². The zero-order chi connectivity index (χ0) is 15.8. The standard InChI is InChI=1S/C18H19N2O3/c1-22-13-6-2-5-12(11-13)16-14-7-4-10-23-18(14)20(21)15-8-3-9-19-17(15)16/h2,4-7,11,16,21H,3,8-10H2,1H3/q+1. The van der Waals surface area contributed by atoms with Crippen molar-refractivity contribution in [2.45, 2.75) is 18.8 Å². The Balaban J connectivity index is 1.91. The van der Waals surface area contributed by atoms with Crippen molar-refractivity contribution in [2.24, 2.45) is 4.99 Å². The summed E-state index contributed by atoms with van der Waals surface area (Å²) in [4.78, 5) is 4.72. The van der Waals surface area contributed by atoms with Crippen molar-refractivity contribution in [3.8, 4) is 5.75 Å². The molecular formula is C18H19N2O3+. The Morgan fingerprint density at radius 3 is 3.17 bits per heavy atom. The molecule has 1 atom stereocenters. The number of fused-ring (bicyclic) bond motifs is 1. The fraction of sp³-hybridized carbons (Fsp3) is 0.333. The van der Waals surface area contributed by atoms with E-state index in [1.807, 2.05) is 30.4 Å². The lowest BCUT2D eigenvalue weighted by molar-refractivity contribution is -0.756. The SMILES string of the molecule is COc1cccc(C2C3=NCCCC3=[N+](O)C3=C2C=CCO3)c1. The predicted molar refractivity (Wildman–Crippen MR) is 86.4 cm³/mol. The molecule has 3 heterocycles. The van der Waals surface area contributed by atoms with Crippen LogP contribution in [0.5, 0.6) is 5.75 Å². The van der Waals surface area contributed by atoms with Crippen molar-refractivity contribution in [1.82, 2.24) is 0 Å². The normalized spacial score (nSPS) is 23.0. The van der Waals surface area contributed by atoms with Crippen molar-refractivity contribution in [3.05, 3.63) is 53.4 Å². The Kier molecular flexibility index (Phi) is 3.41. The number of hydroxylamine groups is 1. The second-order valence-corrected chi connectivity index (χ2v) is 5.81. The molecule has 23 heavy (non-hydrogen) atoms. The molecule has 5 heteroatoms. The van der Waals surface area contributed by atoms with E-state index in [1.165, 1.54) is 4.74 Å². The fourth-order valence-corrected chi connectivity index (χ4v) is 3.43. The van der Waals surface area contributed by atoms with Crippen molar-refractivity contribution in [2.75, 3.05) is 20.3 Å². The van der Waals surface area contributed by atoms with Gasteiger partial charge in [-0.3, -0.25) is 10.2 Å². The highest BCUT2D eigenvalue weighted by atomic mass is 16.6. The van der Waals surface area contributed by atoms with Crippen LogP contribution in [0.1, 0.15) is 24.3 Å². The van der Waals surface area contributed by atoms with Gasteiger partial charge in [0.15, 0.2) is 0 Å². The first-order valence-corrected chi connectivity index (χ1v) is 7.86. The summed E-state index contributed by atoms with van der Waals surface area (Å²) < 4.78 is 12.3. The van der Waals surface area contributed by atoms with E-state index in [2.05, 4.69) is 6.07 Å². The van der Waals surface area contributed by atoms with Crippen molar-refractivity contribution in [1.29, 1.82) is 0 Å². The van der Waals surface area contributed by atoms with Crippen LogP contribution < -0.4 is 4.74 Å². The third kappa shape index (κ3) is 2.23. The molecule has 0 spiro atoms. The number of aliphatic imine (C=N–C) groups is 1. The average molecular weight is 311 g/mol. The van der Waals surface area contributed by atoms with E-state index in [9.17, 15) is 5.21 Å². The minimum Gasteiger partial charge on any atom is -0.497 e. The van der Waals surface area contributed by atoms with Gasteiger partial charge >= 0.3 is 5.88 Å². The Bertz CT molecular complexity index is 774. The molecule has 1 aromatic carbocycles. The monoisotopic (exact) mass is 311 g/mol. The number of rotatable bonds is 2. The molecule has 5 nitrogen and oxygen atoms in total. The Labute approximate surface area is 134 Å². The number of nitrogens with zero attached hydrogens (tertiary/aromatic N) is 2. The predicted octanol–water partition coefficient (Wildman–Crippen LogP) is 2.67. The Morgan fingerprint density at radius 1 is 1.39 bits per heavy atom. The molecule has 3 aliphatic rings. The van der Waals surface area contributed by atoms with E-state index in [-0.39, 0.29) is 5.92 Å². The molecule has 0 saturated carbocycles. The van der Waals surface area contributed by atoms with Gasteiger partial charge in [0.2, 0.25) is 0 Å². The van der Waals surface area contributed by atoms with Crippen LogP contribution in [0.15, 0.2) is 52.9 Å². The number of benzene rings is 1. The summed E-state index contributed by atoms with van der Waals surface area (Å²) in [6, 6.07) is 8.01.